The van der Waals surface area contributed by atoms with Gasteiger partial charge in [-0.05, 0) is 36.2 Å². The zero-order chi connectivity index (χ0) is 17.2. The Morgan fingerprint density at radius 3 is 2.52 bits per heavy atom. The van der Waals surface area contributed by atoms with E-state index in [1.807, 2.05) is 36.4 Å². The molecule has 1 aromatic heterocycles. The normalized spacial score (nSPS) is 12.7. The van der Waals surface area contributed by atoms with Crippen LogP contribution in [0.3, 0.4) is 0 Å². The van der Waals surface area contributed by atoms with Gasteiger partial charge in [0.05, 0.1) is 16.9 Å². The largest absolute Gasteiger partial charge is 0.339 e. The van der Waals surface area contributed by atoms with E-state index in [1.54, 1.807) is 0 Å². The Bertz CT molecular complexity index is 973. The van der Waals surface area contributed by atoms with E-state index in [9.17, 15) is 9.59 Å². The molecule has 2 aromatic carbocycles. The number of hydrogen-bond acceptors (Lipinski definition) is 3. The van der Waals surface area contributed by atoms with Crippen molar-refractivity contribution in [2.24, 2.45) is 0 Å². The van der Waals surface area contributed by atoms with Gasteiger partial charge in [-0.3, -0.25) is 9.59 Å². The number of pyridine rings is 1. The fourth-order valence-corrected chi connectivity index (χ4v) is 3.15. The van der Waals surface area contributed by atoms with E-state index in [2.05, 4.69) is 27.3 Å². The summed E-state index contributed by atoms with van der Waals surface area (Å²) in [4.78, 5) is 28.4. The number of nitrogens with one attached hydrogen (secondary N) is 2. The summed E-state index contributed by atoms with van der Waals surface area (Å²) >= 11 is 0. The van der Waals surface area contributed by atoms with Gasteiger partial charge in [0.1, 0.15) is 0 Å². The highest BCUT2D eigenvalue weighted by atomic mass is 16.1. The number of carbonyl (C=O) groups is 1. The second-order valence-electron chi connectivity index (χ2n) is 5.94. The number of benzene rings is 2. The molecule has 1 amide bonds. The summed E-state index contributed by atoms with van der Waals surface area (Å²) in [6.45, 7) is 0.880. The fraction of sp³-hybridized carbons (Fsp3) is 0.100. The second kappa shape index (κ2) is 6.28. The predicted octanol–water partition coefficient (Wildman–Crippen LogP) is 3.32. The van der Waals surface area contributed by atoms with Crippen LogP contribution in [0.25, 0.3) is 0 Å². The average molecular weight is 331 g/mol. The van der Waals surface area contributed by atoms with Crippen LogP contribution >= 0.6 is 0 Å². The van der Waals surface area contributed by atoms with Gasteiger partial charge in [0.15, 0.2) is 0 Å². The van der Waals surface area contributed by atoms with Crippen LogP contribution in [-0.2, 0) is 6.42 Å². The van der Waals surface area contributed by atoms with Crippen molar-refractivity contribution >= 4 is 23.0 Å². The third kappa shape index (κ3) is 2.92. The molecule has 2 N–H and O–H groups in total. The van der Waals surface area contributed by atoms with Crippen LogP contribution in [0.4, 0.5) is 17.1 Å². The third-order valence-electron chi connectivity index (χ3n) is 4.38. The first-order valence-electron chi connectivity index (χ1n) is 8.17. The quantitative estimate of drug-likeness (QED) is 0.774. The lowest BCUT2D eigenvalue weighted by Gasteiger charge is -2.23. The molecule has 0 unspecified atom stereocenters. The monoisotopic (exact) mass is 331 g/mol. The lowest BCUT2D eigenvalue weighted by molar-refractivity contribution is 0.102. The Morgan fingerprint density at radius 1 is 0.960 bits per heavy atom. The molecule has 0 aliphatic carbocycles. The van der Waals surface area contributed by atoms with Crippen LogP contribution < -0.4 is 15.8 Å². The Hall–Kier alpha value is -3.34. The first kappa shape index (κ1) is 15.2. The van der Waals surface area contributed by atoms with Gasteiger partial charge in [-0.15, -0.1) is 0 Å². The maximum atomic E-state index is 12.5. The van der Waals surface area contributed by atoms with Crippen LogP contribution in [-0.4, -0.2) is 17.4 Å². The molecule has 1 aliphatic rings. The molecule has 5 heteroatoms. The summed E-state index contributed by atoms with van der Waals surface area (Å²) in [6.07, 6.45) is 2.41. The molecule has 25 heavy (non-hydrogen) atoms. The molecule has 0 bridgehead atoms. The zero-order valence-corrected chi connectivity index (χ0v) is 13.5. The summed E-state index contributed by atoms with van der Waals surface area (Å²) < 4.78 is 0. The van der Waals surface area contributed by atoms with Crippen molar-refractivity contribution in [3.05, 3.63) is 88.3 Å². The summed E-state index contributed by atoms with van der Waals surface area (Å²) in [5.74, 6) is -0.254. The van der Waals surface area contributed by atoms with Gasteiger partial charge in [-0.25, -0.2) is 0 Å². The molecule has 1 aliphatic heterocycles. The van der Waals surface area contributed by atoms with Crippen molar-refractivity contribution in [2.45, 2.75) is 6.42 Å². The van der Waals surface area contributed by atoms with E-state index in [1.165, 1.54) is 29.6 Å². The fourth-order valence-electron chi connectivity index (χ4n) is 3.15. The minimum atomic E-state index is -0.254. The highest BCUT2D eigenvalue weighted by Gasteiger charge is 2.22. The number of aromatic nitrogens is 1. The van der Waals surface area contributed by atoms with Crippen molar-refractivity contribution in [1.82, 2.24) is 4.98 Å². The molecule has 0 atom stereocenters. The number of amides is 1. The van der Waals surface area contributed by atoms with E-state index in [4.69, 9.17) is 0 Å². The Kier molecular flexibility index (Phi) is 3.82. The molecular weight excluding hydrogens is 314 g/mol. The van der Waals surface area contributed by atoms with Gasteiger partial charge in [-0.2, -0.15) is 0 Å². The molecule has 3 aromatic rings. The molecule has 0 saturated heterocycles. The van der Waals surface area contributed by atoms with Gasteiger partial charge < -0.3 is 15.2 Å². The number of carbonyl (C=O) groups excluding carboxylic acids is 1. The molecule has 0 radical (unpaired) electrons. The molecule has 5 nitrogen and oxygen atoms in total. The maximum absolute atomic E-state index is 12.5. The summed E-state index contributed by atoms with van der Waals surface area (Å²) in [7, 11) is 0. The third-order valence-corrected chi connectivity index (χ3v) is 4.38. The number of aromatic amines is 1. The Morgan fingerprint density at radius 2 is 1.72 bits per heavy atom. The lowest BCUT2D eigenvalue weighted by Crippen LogP contribution is -2.19. The zero-order valence-electron chi connectivity index (χ0n) is 13.5. The minimum absolute atomic E-state index is 0.231. The number of rotatable bonds is 3. The predicted molar refractivity (Wildman–Crippen MR) is 98.6 cm³/mol. The van der Waals surface area contributed by atoms with Crippen molar-refractivity contribution < 1.29 is 4.79 Å². The van der Waals surface area contributed by atoms with Crippen LogP contribution in [0.2, 0.25) is 0 Å². The number of para-hydroxylation sites is 3. The van der Waals surface area contributed by atoms with Gasteiger partial charge in [-0.1, -0.05) is 30.3 Å². The van der Waals surface area contributed by atoms with Gasteiger partial charge in [0, 0.05) is 24.5 Å². The van der Waals surface area contributed by atoms with Gasteiger partial charge in [0.25, 0.3) is 5.91 Å². The first-order valence-corrected chi connectivity index (χ1v) is 8.17. The topological polar surface area (TPSA) is 65.2 Å². The van der Waals surface area contributed by atoms with Gasteiger partial charge >= 0.3 is 0 Å². The van der Waals surface area contributed by atoms with E-state index in [0.29, 0.717) is 5.56 Å². The van der Waals surface area contributed by atoms with Crippen LogP contribution in [0, 0.1) is 0 Å². The van der Waals surface area contributed by atoms with Crippen molar-refractivity contribution in [3.63, 3.8) is 0 Å². The van der Waals surface area contributed by atoms with Crippen molar-refractivity contribution in [2.75, 3.05) is 16.8 Å². The molecule has 4 rings (SSSR count). The van der Waals surface area contributed by atoms with E-state index in [0.717, 1.165) is 24.3 Å². The summed E-state index contributed by atoms with van der Waals surface area (Å²) in [6, 6.07) is 18.9. The van der Waals surface area contributed by atoms with Crippen LogP contribution in [0.5, 0.6) is 0 Å². The molecule has 124 valence electrons. The smallest absolute Gasteiger partial charge is 0.257 e. The number of hydrogen-bond donors (Lipinski definition) is 2. The highest BCUT2D eigenvalue weighted by Crippen LogP contribution is 2.38. The Balaban J connectivity index is 1.65. The van der Waals surface area contributed by atoms with Gasteiger partial charge in [0.2, 0.25) is 5.56 Å². The highest BCUT2D eigenvalue weighted by molar-refractivity contribution is 6.06. The second-order valence-corrected chi connectivity index (χ2v) is 5.94. The molecule has 0 fully saturated rings. The van der Waals surface area contributed by atoms with E-state index in [-0.39, 0.29) is 11.5 Å². The summed E-state index contributed by atoms with van der Waals surface area (Å²) in [5, 5.41) is 2.95. The maximum Gasteiger partial charge on any atom is 0.257 e. The number of nitrogens with zero attached hydrogens (tertiary/aromatic N) is 1. The standard InChI is InChI=1S/C20H17N3O2/c24-19-10-9-15(13-21-19)20(25)22-16-6-2-4-8-18(16)23-12-11-14-5-1-3-7-17(14)23/h1-10,13H,11-12H2,(H,21,24)(H,22,25). The first-order chi connectivity index (χ1) is 12.2. The minimum Gasteiger partial charge on any atom is -0.339 e. The molecule has 0 spiro atoms. The average Bonchev–Trinajstić information content (AvgIpc) is 3.07. The molecular formula is C20H17N3O2. The molecule has 0 saturated carbocycles. The van der Waals surface area contributed by atoms with Crippen molar-refractivity contribution in [1.29, 1.82) is 0 Å². The SMILES string of the molecule is O=C(Nc1ccccc1N1CCc2ccccc21)c1ccc(=O)[nH]c1. The van der Waals surface area contributed by atoms with E-state index >= 15 is 0 Å². The van der Waals surface area contributed by atoms with Crippen molar-refractivity contribution in [3.8, 4) is 0 Å². The van der Waals surface area contributed by atoms with Crippen LogP contribution in [0.15, 0.2) is 71.7 Å². The number of H-pyrrole nitrogens is 1. The number of anilines is 3. The molecule has 2 heterocycles. The Labute approximate surface area is 144 Å². The lowest BCUT2D eigenvalue weighted by atomic mass is 10.1. The summed E-state index contributed by atoms with van der Waals surface area (Å²) in [5.41, 5.74) is 4.37. The van der Waals surface area contributed by atoms with Crippen LogP contribution in [0.1, 0.15) is 15.9 Å². The number of fused-ring (bicyclic) bond motifs is 1. The van der Waals surface area contributed by atoms with E-state index < -0.39 is 0 Å².